The molecule has 0 saturated carbocycles. The van der Waals surface area contributed by atoms with Crippen molar-refractivity contribution >= 4 is 11.6 Å². The minimum atomic E-state index is 0.0693. The zero-order valence-electron chi connectivity index (χ0n) is 8.15. The number of hydrogen-bond acceptors (Lipinski definition) is 3. The molecular formula is C9H14ClN3O. The van der Waals surface area contributed by atoms with Crippen molar-refractivity contribution in [1.29, 1.82) is 0 Å². The summed E-state index contributed by atoms with van der Waals surface area (Å²) < 4.78 is 1.71. The summed E-state index contributed by atoms with van der Waals surface area (Å²) in [5.74, 6) is 0.0693. The van der Waals surface area contributed by atoms with Gasteiger partial charge in [0, 0.05) is 6.54 Å². The number of piperidine rings is 1. The van der Waals surface area contributed by atoms with Crippen LogP contribution in [0.25, 0.3) is 0 Å². The first-order valence-corrected chi connectivity index (χ1v) is 5.17. The average Bonchev–Trinajstić information content (AvgIpc) is 2.48. The molecule has 5 heteroatoms. The van der Waals surface area contributed by atoms with Gasteiger partial charge in [0.1, 0.15) is 0 Å². The molecule has 1 N–H and O–H groups in total. The maximum atomic E-state index is 9.31. The molecule has 1 aliphatic heterocycles. The molecule has 78 valence electrons. The molecule has 1 atom stereocenters. The Hall–Kier alpha value is -0.740. The minimum absolute atomic E-state index is 0.0693. The van der Waals surface area contributed by atoms with E-state index in [0.29, 0.717) is 11.2 Å². The number of aromatic nitrogens is 2. The fraction of sp³-hybridized carbons (Fsp3) is 0.667. The second kappa shape index (κ2) is 3.79. The van der Waals surface area contributed by atoms with Gasteiger partial charge >= 0.3 is 0 Å². The number of aromatic hydroxyl groups is 1. The fourth-order valence-corrected chi connectivity index (χ4v) is 2.16. The molecule has 2 rings (SSSR count). The van der Waals surface area contributed by atoms with Crippen molar-refractivity contribution in [3.8, 4) is 5.75 Å². The van der Waals surface area contributed by atoms with Crippen molar-refractivity contribution in [2.45, 2.75) is 18.9 Å². The summed E-state index contributed by atoms with van der Waals surface area (Å²) in [5, 5.41) is 13.7. The van der Waals surface area contributed by atoms with Gasteiger partial charge in [0.05, 0.1) is 12.2 Å². The van der Waals surface area contributed by atoms with Crippen molar-refractivity contribution < 1.29 is 5.11 Å². The third kappa shape index (κ3) is 1.72. The molecule has 4 nitrogen and oxygen atoms in total. The summed E-state index contributed by atoms with van der Waals surface area (Å²) in [6.45, 7) is 2.07. The van der Waals surface area contributed by atoms with Gasteiger partial charge in [-0.1, -0.05) is 11.6 Å². The highest BCUT2D eigenvalue weighted by molar-refractivity contribution is 6.30. The summed E-state index contributed by atoms with van der Waals surface area (Å²) in [4.78, 5) is 2.25. The molecule has 1 aromatic heterocycles. The molecule has 14 heavy (non-hydrogen) atoms. The maximum Gasteiger partial charge on any atom is 0.173 e. The third-order valence-corrected chi connectivity index (χ3v) is 3.03. The Labute approximate surface area is 88.1 Å². The van der Waals surface area contributed by atoms with Crippen molar-refractivity contribution in [2.24, 2.45) is 0 Å². The average molecular weight is 216 g/mol. The number of likely N-dealkylation sites (tertiary alicyclic amines) is 1. The molecule has 1 aromatic rings. The van der Waals surface area contributed by atoms with Crippen LogP contribution in [0.4, 0.5) is 0 Å². The van der Waals surface area contributed by atoms with Crippen LogP contribution in [0.15, 0.2) is 6.20 Å². The molecular weight excluding hydrogens is 202 g/mol. The topological polar surface area (TPSA) is 41.3 Å². The smallest absolute Gasteiger partial charge is 0.173 e. The highest BCUT2D eigenvalue weighted by Crippen LogP contribution is 2.29. The van der Waals surface area contributed by atoms with Gasteiger partial charge in [0.25, 0.3) is 0 Å². The lowest BCUT2D eigenvalue weighted by Gasteiger charge is -2.29. The fourth-order valence-electron chi connectivity index (χ4n) is 1.93. The van der Waals surface area contributed by atoms with Gasteiger partial charge < -0.3 is 10.0 Å². The predicted molar refractivity (Wildman–Crippen MR) is 54.7 cm³/mol. The van der Waals surface area contributed by atoms with E-state index < -0.39 is 0 Å². The van der Waals surface area contributed by atoms with Crippen molar-refractivity contribution in [1.82, 2.24) is 14.7 Å². The van der Waals surface area contributed by atoms with E-state index in [1.165, 1.54) is 6.20 Å². The van der Waals surface area contributed by atoms with Crippen LogP contribution in [0.1, 0.15) is 18.9 Å². The van der Waals surface area contributed by atoms with Gasteiger partial charge in [-0.2, -0.15) is 5.10 Å². The van der Waals surface area contributed by atoms with Crippen LogP contribution < -0.4 is 0 Å². The van der Waals surface area contributed by atoms with E-state index >= 15 is 0 Å². The van der Waals surface area contributed by atoms with Crippen LogP contribution in [0, 0.1) is 0 Å². The van der Waals surface area contributed by atoms with E-state index in [1.807, 2.05) is 0 Å². The van der Waals surface area contributed by atoms with Crippen LogP contribution >= 0.6 is 11.6 Å². The first kappa shape index (κ1) is 9.80. The van der Waals surface area contributed by atoms with Gasteiger partial charge in [-0.3, -0.25) is 0 Å². The summed E-state index contributed by atoms with van der Waals surface area (Å²) in [6, 6.07) is 0.294. The third-order valence-electron chi connectivity index (χ3n) is 2.66. The Bertz CT molecular complexity index is 326. The Morgan fingerprint density at radius 2 is 2.43 bits per heavy atom. The molecule has 0 spiro atoms. The van der Waals surface area contributed by atoms with Gasteiger partial charge in [-0.05, 0) is 26.4 Å². The van der Waals surface area contributed by atoms with Gasteiger partial charge in [0.2, 0.25) is 0 Å². The summed E-state index contributed by atoms with van der Waals surface area (Å²) in [7, 11) is 2.09. The summed E-state index contributed by atoms with van der Waals surface area (Å²) in [6.07, 6.45) is 3.63. The number of nitrogens with zero attached hydrogens (tertiary/aromatic N) is 3. The van der Waals surface area contributed by atoms with E-state index in [4.69, 9.17) is 11.6 Å². The molecule has 1 unspecified atom stereocenters. The SMILES string of the molecule is CN1CCCC(n2ncc(O)c2Cl)C1. The second-order valence-electron chi connectivity index (χ2n) is 3.82. The Morgan fingerprint density at radius 3 is 3.00 bits per heavy atom. The van der Waals surface area contributed by atoms with E-state index in [2.05, 4.69) is 17.0 Å². The number of rotatable bonds is 1. The lowest BCUT2D eigenvalue weighted by molar-refractivity contribution is 0.202. The second-order valence-corrected chi connectivity index (χ2v) is 4.18. The van der Waals surface area contributed by atoms with Crippen molar-refractivity contribution in [3.05, 3.63) is 11.3 Å². The van der Waals surface area contributed by atoms with Crippen molar-refractivity contribution in [2.75, 3.05) is 20.1 Å². The number of halogens is 1. The number of hydrogen-bond donors (Lipinski definition) is 1. The van der Waals surface area contributed by atoms with Crippen LogP contribution in [-0.2, 0) is 0 Å². The normalized spacial score (nSPS) is 24.0. The molecule has 0 amide bonds. The largest absolute Gasteiger partial charge is 0.504 e. The lowest BCUT2D eigenvalue weighted by atomic mass is 10.1. The van der Waals surface area contributed by atoms with Gasteiger partial charge in [-0.25, -0.2) is 4.68 Å². The quantitative estimate of drug-likeness (QED) is 0.772. The zero-order valence-corrected chi connectivity index (χ0v) is 8.91. The van der Waals surface area contributed by atoms with Crippen molar-refractivity contribution in [3.63, 3.8) is 0 Å². The van der Waals surface area contributed by atoms with Gasteiger partial charge in [-0.15, -0.1) is 0 Å². The minimum Gasteiger partial charge on any atom is -0.504 e. The highest BCUT2D eigenvalue weighted by Gasteiger charge is 2.22. The zero-order chi connectivity index (χ0) is 10.1. The predicted octanol–water partition coefficient (Wildman–Crippen LogP) is 1.51. The van der Waals surface area contributed by atoms with E-state index in [-0.39, 0.29) is 5.75 Å². The molecule has 0 aromatic carbocycles. The van der Waals surface area contributed by atoms with Crippen LogP contribution in [0.5, 0.6) is 5.75 Å². The summed E-state index contributed by atoms with van der Waals surface area (Å²) in [5.41, 5.74) is 0. The Balaban J connectivity index is 2.18. The molecule has 1 saturated heterocycles. The molecule has 0 aliphatic carbocycles. The molecule has 2 heterocycles. The van der Waals surface area contributed by atoms with E-state index in [0.717, 1.165) is 25.9 Å². The van der Waals surface area contributed by atoms with E-state index in [1.54, 1.807) is 4.68 Å². The van der Waals surface area contributed by atoms with Crippen LogP contribution in [0.2, 0.25) is 5.15 Å². The molecule has 1 fully saturated rings. The summed E-state index contributed by atoms with van der Waals surface area (Å²) >= 11 is 5.92. The van der Waals surface area contributed by atoms with Crippen LogP contribution in [0.3, 0.4) is 0 Å². The Kier molecular flexibility index (Phi) is 2.65. The maximum absolute atomic E-state index is 9.31. The van der Waals surface area contributed by atoms with E-state index in [9.17, 15) is 5.11 Å². The monoisotopic (exact) mass is 215 g/mol. The highest BCUT2D eigenvalue weighted by atomic mass is 35.5. The lowest BCUT2D eigenvalue weighted by Crippen LogP contribution is -2.34. The molecule has 1 aliphatic rings. The standard InChI is InChI=1S/C9H14ClN3O/c1-12-4-2-3-7(6-12)13-9(10)8(14)5-11-13/h5,7,14H,2-4,6H2,1H3. The Morgan fingerprint density at radius 1 is 1.64 bits per heavy atom. The van der Waals surface area contributed by atoms with Gasteiger partial charge in [0.15, 0.2) is 10.9 Å². The number of likely N-dealkylation sites (N-methyl/N-ethyl adjacent to an activating group) is 1. The van der Waals surface area contributed by atoms with Crippen LogP contribution in [-0.4, -0.2) is 39.9 Å². The first-order valence-electron chi connectivity index (χ1n) is 4.79. The first-order chi connectivity index (χ1) is 6.68. The molecule has 0 bridgehead atoms. The molecule has 0 radical (unpaired) electrons.